The molecule has 1 heterocycles. The molecule has 0 spiro atoms. The lowest BCUT2D eigenvalue weighted by atomic mass is 10.3. The van der Waals surface area contributed by atoms with Crippen LogP contribution in [0, 0.1) is 0 Å². The fourth-order valence-electron chi connectivity index (χ4n) is 0.607. The largest absolute Gasteiger partial charge is 0.421 e. The topological polar surface area (TPSA) is 41.0 Å². The van der Waals surface area contributed by atoms with E-state index in [1.807, 2.05) is 0 Å². The fourth-order valence-corrected chi connectivity index (χ4v) is 0.607. The van der Waals surface area contributed by atoms with E-state index in [0.717, 1.165) is 0 Å². The first kappa shape index (κ1) is 7.77. The number of aliphatic imine (C=N–C) groups is 1. The molecule has 11 heavy (non-hydrogen) atoms. The molecule has 1 N–H and O–H groups in total. The maximum atomic E-state index is 11.9. The Kier molecular flexibility index (Phi) is 1.67. The first-order valence-corrected chi connectivity index (χ1v) is 2.63. The van der Waals surface area contributed by atoms with Crippen molar-refractivity contribution in [3.63, 3.8) is 0 Å². The first-order chi connectivity index (χ1) is 5.05. The highest BCUT2D eigenvalue weighted by Crippen LogP contribution is 2.34. The van der Waals surface area contributed by atoms with Gasteiger partial charge >= 0.3 is 6.18 Å². The Hall–Kier alpha value is -1.33. The lowest BCUT2D eigenvalue weighted by Crippen LogP contribution is -2.02. The number of hydrogen-bond acceptors (Lipinski definition) is 2. The van der Waals surface area contributed by atoms with E-state index in [1.54, 1.807) is 0 Å². The molecular weight excluding hydrogens is 159 g/mol. The molecule has 0 unspecified atom stereocenters. The molecule has 60 valence electrons. The van der Waals surface area contributed by atoms with Crippen LogP contribution in [0.3, 0.4) is 0 Å². The maximum absolute atomic E-state index is 11.9. The van der Waals surface area contributed by atoms with Crippen molar-refractivity contribution >= 4 is 12.5 Å². The number of halogens is 3. The zero-order chi connectivity index (χ0) is 8.48. The van der Waals surface area contributed by atoms with E-state index >= 15 is 0 Å². The monoisotopic (exact) mass is 163 g/mol. The highest BCUT2D eigenvalue weighted by atomic mass is 19.4. The van der Waals surface area contributed by atoms with Crippen LogP contribution in [-0.4, -0.2) is 16.9 Å². The second-order valence-electron chi connectivity index (χ2n) is 1.79. The zero-order valence-electron chi connectivity index (χ0n) is 5.31. The zero-order valence-corrected chi connectivity index (χ0v) is 5.31. The van der Waals surface area contributed by atoms with E-state index in [9.17, 15) is 13.2 Å². The minimum atomic E-state index is -4.41. The Morgan fingerprint density at radius 1 is 1.55 bits per heavy atom. The summed E-state index contributed by atoms with van der Waals surface area (Å²) >= 11 is 0. The molecule has 1 aromatic heterocycles. The molecule has 1 rings (SSSR count). The number of hydrogen-bond donors (Lipinski definition) is 1. The molecule has 0 bridgehead atoms. The molecule has 3 nitrogen and oxygen atoms in total. The molecule has 0 saturated carbocycles. The van der Waals surface area contributed by atoms with Crippen molar-refractivity contribution in [3.05, 3.63) is 11.8 Å². The molecule has 6 heteroatoms. The SMILES string of the molecule is C=Nc1[nH]ncc1C(F)(F)F. The lowest BCUT2D eigenvalue weighted by Gasteiger charge is -2.01. The normalized spacial score (nSPS) is 11.5. The molecule has 0 amide bonds. The molecule has 0 atom stereocenters. The van der Waals surface area contributed by atoms with Gasteiger partial charge in [0.25, 0.3) is 0 Å². The predicted molar refractivity (Wildman–Crippen MR) is 32.8 cm³/mol. The van der Waals surface area contributed by atoms with Gasteiger partial charge in [-0.2, -0.15) is 18.3 Å². The minimum absolute atomic E-state index is 0.350. The second-order valence-corrected chi connectivity index (χ2v) is 1.79. The summed E-state index contributed by atoms with van der Waals surface area (Å²) in [5.74, 6) is -0.350. The number of H-pyrrole nitrogens is 1. The van der Waals surface area contributed by atoms with Crippen LogP contribution < -0.4 is 0 Å². The third-order valence-electron chi connectivity index (χ3n) is 1.08. The van der Waals surface area contributed by atoms with Gasteiger partial charge < -0.3 is 0 Å². The summed E-state index contributed by atoms with van der Waals surface area (Å²) in [6, 6.07) is 0. The average Bonchev–Trinajstić information content (AvgIpc) is 2.31. The van der Waals surface area contributed by atoms with Gasteiger partial charge in [0.05, 0.1) is 6.20 Å². The standard InChI is InChI=1S/C5H4F3N3/c1-9-4-3(2-10-11-4)5(6,7)8/h2H,1H2,(H,10,11). The summed E-state index contributed by atoms with van der Waals surface area (Å²) in [5, 5.41) is 5.24. The van der Waals surface area contributed by atoms with Crippen LogP contribution in [0.1, 0.15) is 5.56 Å². The van der Waals surface area contributed by atoms with E-state index in [4.69, 9.17) is 0 Å². The number of nitrogens with zero attached hydrogens (tertiary/aromatic N) is 2. The summed E-state index contributed by atoms with van der Waals surface area (Å²) < 4.78 is 35.8. The molecule has 0 radical (unpaired) electrons. The lowest BCUT2D eigenvalue weighted by molar-refractivity contribution is -0.137. The Balaban J connectivity index is 3.12. The molecule has 0 saturated heterocycles. The first-order valence-electron chi connectivity index (χ1n) is 2.63. The van der Waals surface area contributed by atoms with Crippen molar-refractivity contribution in [1.82, 2.24) is 10.2 Å². The Labute approximate surface area is 60.0 Å². The third-order valence-corrected chi connectivity index (χ3v) is 1.08. The van der Waals surface area contributed by atoms with Crippen LogP contribution in [0.2, 0.25) is 0 Å². The summed E-state index contributed by atoms with van der Waals surface area (Å²) in [7, 11) is 0. The van der Waals surface area contributed by atoms with E-state index in [0.29, 0.717) is 6.20 Å². The van der Waals surface area contributed by atoms with Gasteiger partial charge in [-0.25, -0.2) is 4.99 Å². The van der Waals surface area contributed by atoms with E-state index in [1.165, 1.54) is 0 Å². The number of nitrogens with one attached hydrogen (secondary N) is 1. The van der Waals surface area contributed by atoms with Crippen molar-refractivity contribution in [1.29, 1.82) is 0 Å². The molecule has 0 fully saturated rings. The van der Waals surface area contributed by atoms with Crippen molar-refractivity contribution in [3.8, 4) is 0 Å². The van der Waals surface area contributed by atoms with Crippen molar-refractivity contribution in [2.75, 3.05) is 0 Å². The van der Waals surface area contributed by atoms with Gasteiger partial charge in [-0.15, -0.1) is 0 Å². The minimum Gasteiger partial charge on any atom is -0.261 e. The molecule has 0 aliphatic rings. The van der Waals surface area contributed by atoms with Gasteiger partial charge in [-0.3, -0.25) is 5.10 Å². The Bertz CT molecular complexity index is 262. The van der Waals surface area contributed by atoms with Crippen LogP contribution >= 0.6 is 0 Å². The second kappa shape index (κ2) is 2.37. The van der Waals surface area contributed by atoms with Crippen LogP contribution in [-0.2, 0) is 6.18 Å². The summed E-state index contributed by atoms with van der Waals surface area (Å²) in [5.41, 5.74) is -0.896. The highest BCUT2D eigenvalue weighted by Gasteiger charge is 2.34. The third kappa shape index (κ3) is 1.39. The van der Waals surface area contributed by atoms with Crippen molar-refractivity contribution in [2.45, 2.75) is 6.18 Å². The van der Waals surface area contributed by atoms with Crippen molar-refractivity contribution < 1.29 is 13.2 Å². The van der Waals surface area contributed by atoms with Gasteiger partial charge in [0, 0.05) is 0 Å². The van der Waals surface area contributed by atoms with E-state index < -0.39 is 11.7 Å². The highest BCUT2D eigenvalue weighted by molar-refractivity contribution is 5.45. The Morgan fingerprint density at radius 3 is 2.55 bits per heavy atom. The van der Waals surface area contributed by atoms with Crippen molar-refractivity contribution in [2.24, 2.45) is 4.99 Å². The average molecular weight is 163 g/mol. The number of rotatable bonds is 1. The van der Waals surface area contributed by atoms with Gasteiger partial charge in [0.2, 0.25) is 0 Å². The number of aromatic nitrogens is 2. The van der Waals surface area contributed by atoms with E-state index in [-0.39, 0.29) is 5.82 Å². The number of alkyl halides is 3. The van der Waals surface area contributed by atoms with E-state index in [2.05, 4.69) is 21.9 Å². The number of aromatic amines is 1. The van der Waals surface area contributed by atoms with Crippen LogP contribution in [0.15, 0.2) is 11.2 Å². The van der Waals surface area contributed by atoms with Crippen LogP contribution in [0.5, 0.6) is 0 Å². The molecular formula is C5H4F3N3. The quantitative estimate of drug-likeness (QED) is 0.629. The Morgan fingerprint density at radius 2 is 2.18 bits per heavy atom. The maximum Gasteiger partial charge on any atom is 0.421 e. The van der Waals surface area contributed by atoms with Crippen LogP contribution in [0.25, 0.3) is 0 Å². The van der Waals surface area contributed by atoms with Gasteiger partial charge in [-0.1, -0.05) is 0 Å². The molecule has 0 aliphatic carbocycles. The summed E-state index contributed by atoms with van der Waals surface area (Å²) in [6.07, 6.45) is -3.74. The van der Waals surface area contributed by atoms with Gasteiger partial charge in [0.1, 0.15) is 5.56 Å². The smallest absolute Gasteiger partial charge is 0.261 e. The van der Waals surface area contributed by atoms with Gasteiger partial charge in [-0.05, 0) is 6.72 Å². The summed E-state index contributed by atoms with van der Waals surface area (Å²) in [4.78, 5) is 3.11. The molecule has 0 aromatic carbocycles. The summed E-state index contributed by atoms with van der Waals surface area (Å²) in [6.45, 7) is 2.96. The predicted octanol–water partition coefficient (Wildman–Crippen LogP) is 1.76. The fraction of sp³-hybridized carbons (Fsp3) is 0.200. The van der Waals surface area contributed by atoms with Crippen LogP contribution in [0.4, 0.5) is 19.0 Å². The van der Waals surface area contributed by atoms with Gasteiger partial charge in [0.15, 0.2) is 5.82 Å². The molecule has 0 aliphatic heterocycles. The molecule has 1 aromatic rings.